The van der Waals surface area contributed by atoms with E-state index in [9.17, 15) is 14.7 Å². The molecule has 22 heavy (non-hydrogen) atoms. The van der Waals surface area contributed by atoms with Crippen LogP contribution in [0.25, 0.3) is 0 Å². The quantitative estimate of drug-likeness (QED) is 0.884. The van der Waals surface area contributed by atoms with Crippen LogP contribution in [0.2, 0.25) is 0 Å². The van der Waals surface area contributed by atoms with Crippen molar-refractivity contribution in [2.45, 2.75) is 38.8 Å². The second-order valence-electron chi connectivity index (χ2n) is 6.03. The van der Waals surface area contributed by atoms with Gasteiger partial charge >= 0.3 is 0 Å². The molecule has 1 aliphatic rings. The number of carbonyl (C=O) groups is 2. The molecule has 3 unspecified atom stereocenters. The van der Waals surface area contributed by atoms with Gasteiger partial charge in [-0.05, 0) is 44.7 Å². The Bertz CT molecular complexity index is 518. The summed E-state index contributed by atoms with van der Waals surface area (Å²) < 4.78 is 0. The number of nitrogens with zero attached hydrogens (tertiary/aromatic N) is 1. The normalized spacial score (nSPS) is 23.0. The summed E-state index contributed by atoms with van der Waals surface area (Å²) in [4.78, 5) is 26.5. The lowest BCUT2D eigenvalue weighted by atomic mass is 9.93. The first-order valence-electron chi connectivity index (χ1n) is 7.80. The predicted octanol–water partition coefficient (Wildman–Crippen LogP) is 1.42. The van der Waals surface area contributed by atoms with E-state index in [-0.39, 0.29) is 30.4 Å². The number of benzene rings is 1. The zero-order valence-electron chi connectivity index (χ0n) is 13.2. The fourth-order valence-corrected chi connectivity index (χ4v) is 2.82. The maximum atomic E-state index is 12.6. The smallest absolute Gasteiger partial charge is 0.251 e. The Morgan fingerprint density at radius 1 is 1.32 bits per heavy atom. The van der Waals surface area contributed by atoms with Crippen LogP contribution in [0.3, 0.4) is 0 Å². The van der Waals surface area contributed by atoms with E-state index in [1.54, 1.807) is 36.1 Å². The number of aliphatic hydroxyl groups excluding tert-OH is 1. The summed E-state index contributed by atoms with van der Waals surface area (Å²) in [5.74, 6) is -0.197. The van der Waals surface area contributed by atoms with Gasteiger partial charge in [0, 0.05) is 24.8 Å². The molecule has 120 valence electrons. The zero-order chi connectivity index (χ0) is 16.1. The largest absolute Gasteiger partial charge is 0.396 e. The number of likely N-dealkylation sites (tertiary alicyclic amines) is 1. The summed E-state index contributed by atoms with van der Waals surface area (Å²) in [7, 11) is 0. The second kappa shape index (κ2) is 7.40. The minimum absolute atomic E-state index is 0.0880. The number of hydrogen-bond acceptors (Lipinski definition) is 3. The SMILES string of the molecule is CC(NC(=O)c1ccccc1)C(=O)N1CC(CO)CCC1C. The molecule has 0 spiro atoms. The van der Waals surface area contributed by atoms with Gasteiger partial charge in [0.25, 0.3) is 5.91 Å². The van der Waals surface area contributed by atoms with Crippen molar-refractivity contribution in [2.24, 2.45) is 5.92 Å². The fourth-order valence-electron chi connectivity index (χ4n) is 2.82. The molecule has 0 radical (unpaired) electrons. The van der Waals surface area contributed by atoms with Crippen molar-refractivity contribution in [3.8, 4) is 0 Å². The first-order valence-corrected chi connectivity index (χ1v) is 7.80. The number of rotatable bonds is 4. The van der Waals surface area contributed by atoms with Crippen LogP contribution in [0.1, 0.15) is 37.0 Å². The minimum atomic E-state index is -0.576. The Labute approximate surface area is 131 Å². The van der Waals surface area contributed by atoms with Crippen molar-refractivity contribution in [2.75, 3.05) is 13.2 Å². The van der Waals surface area contributed by atoms with Crippen LogP contribution in [0.5, 0.6) is 0 Å². The lowest BCUT2D eigenvalue weighted by Crippen LogP contribution is -2.53. The summed E-state index contributed by atoms with van der Waals surface area (Å²) in [6.07, 6.45) is 1.82. The number of amides is 2. The highest BCUT2D eigenvalue weighted by molar-refractivity contribution is 5.97. The average molecular weight is 304 g/mol. The standard InChI is InChI=1S/C17H24N2O3/c1-12-8-9-14(11-20)10-19(12)17(22)13(2)18-16(21)15-6-4-3-5-7-15/h3-7,12-14,20H,8-11H2,1-2H3,(H,18,21). The maximum absolute atomic E-state index is 12.6. The molecule has 0 bridgehead atoms. The van der Waals surface area contributed by atoms with Crippen LogP contribution in [-0.2, 0) is 4.79 Å². The second-order valence-corrected chi connectivity index (χ2v) is 6.03. The summed E-state index contributed by atoms with van der Waals surface area (Å²) in [5, 5.41) is 12.1. The third-order valence-corrected chi connectivity index (χ3v) is 4.27. The van der Waals surface area contributed by atoms with Crippen molar-refractivity contribution < 1.29 is 14.7 Å². The van der Waals surface area contributed by atoms with Gasteiger partial charge in [0.2, 0.25) is 5.91 Å². The summed E-state index contributed by atoms with van der Waals surface area (Å²) in [5.41, 5.74) is 0.544. The van der Waals surface area contributed by atoms with Crippen LogP contribution in [-0.4, -0.2) is 47.1 Å². The summed E-state index contributed by atoms with van der Waals surface area (Å²) >= 11 is 0. The van der Waals surface area contributed by atoms with Crippen molar-refractivity contribution in [3.05, 3.63) is 35.9 Å². The van der Waals surface area contributed by atoms with Crippen molar-refractivity contribution in [1.29, 1.82) is 0 Å². The average Bonchev–Trinajstić information content (AvgIpc) is 2.55. The van der Waals surface area contributed by atoms with Crippen LogP contribution >= 0.6 is 0 Å². The van der Waals surface area contributed by atoms with Gasteiger partial charge < -0.3 is 15.3 Å². The highest BCUT2D eigenvalue weighted by Gasteiger charge is 2.31. The Morgan fingerprint density at radius 2 is 2.00 bits per heavy atom. The number of carbonyl (C=O) groups excluding carboxylic acids is 2. The number of nitrogens with one attached hydrogen (secondary N) is 1. The number of piperidine rings is 1. The first-order chi connectivity index (χ1) is 10.5. The Kier molecular flexibility index (Phi) is 5.55. The van der Waals surface area contributed by atoms with Gasteiger partial charge in [-0.25, -0.2) is 0 Å². The topological polar surface area (TPSA) is 69.6 Å². The molecule has 1 aliphatic heterocycles. The molecule has 0 aromatic heterocycles. The monoisotopic (exact) mass is 304 g/mol. The Balaban J connectivity index is 1.98. The zero-order valence-corrected chi connectivity index (χ0v) is 13.2. The van der Waals surface area contributed by atoms with E-state index in [2.05, 4.69) is 5.32 Å². The van der Waals surface area contributed by atoms with Crippen molar-refractivity contribution >= 4 is 11.8 Å². The molecular formula is C17H24N2O3. The van der Waals surface area contributed by atoms with Crippen LogP contribution < -0.4 is 5.32 Å². The molecular weight excluding hydrogens is 280 g/mol. The summed E-state index contributed by atoms with van der Waals surface area (Å²) in [6.45, 7) is 4.37. The van der Waals surface area contributed by atoms with Crippen LogP contribution in [0.15, 0.2) is 30.3 Å². The van der Waals surface area contributed by atoms with Gasteiger partial charge in [-0.3, -0.25) is 9.59 Å². The number of aliphatic hydroxyl groups is 1. The number of hydrogen-bond donors (Lipinski definition) is 2. The van der Waals surface area contributed by atoms with E-state index in [1.807, 2.05) is 13.0 Å². The third kappa shape index (κ3) is 3.85. The lowest BCUT2D eigenvalue weighted by molar-refractivity contribution is -0.137. The first kappa shape index (κ1) is 16.5. The minimum Gasteiger partial charge on any atom is -0.396 e. The molecule has 1 heterocycles. The molecule has 2 amide bonds. The van der Waals surface area contributed by atoms with Gasteiger partial charge in [-0.1, -0.05) is 18.2 Å². The van der Waals surface area contributed by atoms with Crippen molar-refractivity contribution in [1.82, 2.24) is 10.2 Å². The van der Waals surface area contributed by atoms with E-state index in [4.69, 9.17) is 0 Å². The van der Waals surface area contributed by atoms with Gasteiger partial charge in [-0.15, -0.1) is 0 Å². The Hall–Kier alpha value is -1.88. The molecule has 3 atom stereocenters. The molecule has 0 aliphatic carbocycles. The highest BCUT2D eigenvalue weighted by Crippen LogP contribution is 2.22. The molecule has 1 aromatic carbocycles. The van der Waals surface area contributed by atoms with Gasteiger partial charge in [0.1, 0.15) is 6.04 Å². The van der Waals surface area contributed by atoms with Crippen LogP contribution in [0, 0.1) is 5.92 Å². The van der Waals surface area contributed by atoms with E-state index < -0.39 is 6.04 Å². The van der Waals surface area contributed by atoms with Gasteiger partial charge in [0.15, 0.2) is 0 Å². The van der Waals surface area contributed by atoms with Crippen LogP contribution in [0.4, 0.5) is 0 Å². The van der Waals surface area contributed by atoms with E-state index in [0.717, 1.165) is 12.8 Å². The lowest BCUT2D eigenvalue weighted by Gasteiger charge is -2.38. The molecule has 1 fully saturated rings. The molecule has 0 saturated carbocycles. The maximum Gasteiger partial charge on any atom is 0.251 e. The third-order valence-electron chi connectivity index (χ3n) is 4.27. The molecule has 1 aromatic rings. The Morgan fingerprint density at radius 3 is 2.64 bits per heavy atom. The molecule has 1 saturated heterocycles. The van der Waals surface area contributed by atoms with E-state index >= 15 is 0 Å². The van der Waals surface area contributed by atoms with E-state index in [0.29, 0.717) is 12.1 Å². The molecule has 2 N–H and O–H groups in total. The molecule has 5 heteroatoms. The highest BCUT2D eigenvalue weighted by atomic mass is 16.3. The fraction of sp³-hybridized carbons (Fsp3) is 0.529. The van der Waals surface area contributed by atoms with Gasteiger partial charge in [0.05, 0.1) is 0 Å². The van der Waals surface area contributed by atoms with Gasteiger partial charge in [-0.2, -0.15) is 0 Å². The molecule has 5 nitrogen and oxygen atoms in total. The van der Waals surface area contributed by atoms with Crippen molar-refractivity contribution in [3.63, 3.8) is 0 Å². The predicted molar refractivity (Wildman–Crippen MR) is 84.4 cm³/mol. The summed E-state index contributed by atoms with van der Waals surface area (Å²) in [6, 6.07) is 8.43. The van der Waals surface area contributed by atoms with E-state index in [1.165, 1.54) is 0 Å². The molecule has 2 rings (SSSR count).